The van der Waals surface area contributed by atoms with E-state index in [1.165, 1.54) is 0 Å². The largest absolute Gasteiger partial charge is 0.481 e. The summed E-state index contributed by atoms with van der Waals surface area (Å²) in [4.78, 5) is 56.5. The molecule has 1 aromatic heterocycles. The molecule has 0 fully saturated rings. The van der Waals surface area contributed by atoms with Crippen LogP contribution in [0.15, 0.2) is 15.7 Å². The number of H-pyrrole nitrogens is 2. The van der Waals surface area contributed by atoms with Crippen LogP contribution in [-0.4, -0.2) is 76.4 Å². The summed E-state index contributed by atoms with van der Waals surface area (Å²) in [6.07, 6.45) is -0.413. The van der Waals surface area contributed by atoms with Crippen LogP contribution in [0.3, 0.4) is 0 Å². The van der Waals surface area contributed by atoms with Gasteiger partial charge in [0.15, 0.2) is 6.10 Å². The van der Waals surface area contributed by atoms with E-state index in [1.54, 1.807) is 6.92 Å². The lowest BCUT2D eigenvalue weighted by Gasteiger charge is -2.28. The van der Waals surface area contributed by atoms with Crippen molar-refractivity contribution in [1.82, 2.24) is 9.97 Å². The van der Waals surface area contributed by atoms with Crippen molar-refractivity contribution in [2.45, 2.75) is 25.9 Å². The molecule has 0 saturated carbocycles. The highest BCUT2D eigenvalue weighted by Crippen LogP contribution is 2.06. The van der Waals surface area contributed by atoms with Crippen LogP contribution in [0.5, 0.6) is 0 Å². The van der Waals surface area contributed by atoms with Gasteiger partial charge in [-0.2, -0.15) is 0 Å². The first-order valence-corrected chi connectivity index (χ1v) is 7.62. The third-order valence-electron chi connectivity index (χ3n) is 2.73. The van der Waals surface area contributed by atoms with Crippen LogP contribution in [-0.2, 0) is 14.3 Å². The SMILES string of the molecule is CCC(=O)O[C@H](CC(=O)O)C[N+](C)(C)C.O=C(O)c1cc(=O)[nH]c(=O)[nH]1. The fraction of sp³-hybridized carbons (Fsp3) is 0.533. The predicted octanol–water partition coefficient (Wildman–Crippen LogP) is -0.749. The molecule has 0 bridgehead atoms. The van der Waals surface area contributed by atoms with Crippen molar-refractivity contribution in [2.24, 2.45) is 0 Å². The molecule has 11 nitrogen and oxygen atoms in total. The fourth-order valence-electron chi connectivity index (χ4n) is 1.80. The number of aromatic nitrogens is 2. The maximum atomic E-state index is 11.1. The number of carboxylic acid groups (broad SMARTS) is 2. The second-order valence-electron chi connectivity index (χ2n) is 6.34. The van der Waals surface area contributed by atoms with E-state index in [1.807, 2.05) is 31.1 Å². The number of hydrogen-bond acceptors (Lipinski definition) is 6. The second-order valence-corrected chi connectivity index (χ2v) is 6.34. The number of nitrogens with zero attached hydrogens (tertiary/aromatic N) is 1. The normalized spacial score (nSPS) is 11.7. The Bertz CT molecular complexity index is 716. The molecule has 146 valence electrons. The minimum Gasteiger partial charge on any atom is -0.481 e. The number of quaternary nitrogens is 1. The molecule has 1 aromatic rings. The minimum atomic E-state index is -1.34. The number of ether oxygens (including phenoxy) is 1. The van der Waals surface area contributed by atoms with Crippen LogP contribution in [0.4, 0.5) is 0 Å². The van der Waals surface area contributed by atoms with Crippen LogP contribution in [0, 0.1) is 0 Å². The summed E-state index contributed by atoms with van der Waals surface area (Å²) in [5.41, 5.74) is -1.97. The number of carboxylic acids is 2. The van der Waals surface area contributed by atoms with Gasteiger partial charge >= 0.3 is 23.6 Å². The number of rotatable bonds is 7. The monoisotopic (exact) mass is 374 g/mol. The third-order valence-corrected chi connectivity index (χ3v) is 2.73. The molecule has 1 rings (SSSR count). The van der Waals surface area contributed by atoms with Crippen molar-refractivity contribution in [3.8, 4) is 0 Å². The van der Waals surface area contributed by atoms with E-state index in [2.05, 4.69) is 0 Å². The first-order chi connectivity index (χ1) is 11.8. The summed E-state index contributed by atoms with van der Waals surface area (Å²) in [5.74, 6) is -2.64. The van der Waals surface area contributed by atoms with Gasteiger partial charge in [0.2, 0.25) is 0 Å². The van der Waals surface area contributed by atoms with E-state index in [0.717, 1.165) is 6.07 Å². The van der Waals surface area contributed by atoms with Gasteiger partial charge < -0.3 is 24.4 Å². The van der Waals surface area contributed by atoms with E-state index >= 15 is 0 Å². The average molecular weight is 374 g/mol. The molecule has 26 heavy (non-hydrogen) atoms. The molecule has 0 unspecified atom stereocenters. The summed E-state index contributed by atoms with van der Waals surface area (Å²) in [6.45, 7) is 2.18. The Hall–Kier alpha value is -2.95. The average Bonchev–Trinajstić information content (AvgIpc) is 2.44. The number of aromatic amines is 2. The number of esters is 1. The Kier molecular flexibility index (Phi) is 8.98. The molecule has 0 aliphatic rings. The van der Waals surface area contributed by atoms with E-state index in [4.69, 9.17) is 14.9 Å². The van der Waals surface area contributed by atoms with Gasteiger partial charge in [0, 0.05) is 12.5 Å². The minimum absolute atomic E-state index is 0.138. The number of aromatic carboxylic acids is 1. The van der Waals surface area contributed by atoms with Crippen molar-refractivity contribution in [3.63, 3.8) is 0 Å². The molecule has 0 aliphatic carbocycles. The summed E-state index contributed by atoms with van der Waals surface area (Å²) < 4.78 is 5.62. The van der Waals surface area contributed by atoms with Crippen molar-refractivity contribution < 1.29 is 33.8 Å². The van der Waals surface area contributed by atoms with Gasteiger partial charge in [-0.1, -0.05) is 6.92 Å². The van der Waals surface area contributed by atoms with Gasteiger partial charge in [-0.3, -0.25) is 19.4 Å². The van der Waals surface area contributed by atoms with E-state index in [9.17, 15) is 24.0 Å². The van der Waals surface area contributed by atoms with E-state index in [-0.39, 0.29) is 18.8 Å². The number of nitrogens with one attached hydrogen (secondary N) is 2. The van der Waals surface area contributed by atoms with Gasteiger partial charge in [0.05, 0.1) is 27.6 Å². The Morgan fingerprint density at radius 3 is 2.12 bits per heavy atom. The third kappa shape index (κ3) is 10.8. The molecular formula is C15H24N3O8+. The number of carbonyl (C=O) groups is 3. The zero-order chi connectivity index (χ0) is 20.5. The van der Waals surface area contributed by atoms with Crippen LogP contribution in [0.2, 0.25) is 0 Å². The maximum absolute atomic E-state index is 11.1. The van der Waals surface area contributed by atoms with Crippen LogP contribution in [0.25, 0.3) is 0 Å². The van der Waals surface area contributed by atoms with Gasteiger partial charge in [-0.25, -0.2) is 9.59 Å². The molecule has 0 amide bonds. The van der Waals surface area contributed by atoms with Crippen molar-refractivity contribution >= 4 is 17.9 Å². The van der Waals surface area contributed by atoms with E-state index < -0.39 is 35.0 Å². The van der Waals surface area contributed by atoms with Crippen molar-refractivity contribution in [2.75, 3.05) is 27.7 Å². The lowest BCUT2D eigenvalue weighted by molar-refractivity contribution is -0.873. The Labute approximate surface area is 148 Å². The Morgan fingerprint density at radius 2 is 1.73 bits per heavy atom. The molecular weight excluding hydrogens is 350 g/mol. The maximum Gasteiger partial charge on any atom is 0.352 e. The predicted molar refractivity (Wildman–Crippen MR) is 90.0 cm³/mol. The highest BCUT2D eigenvalue weighted by Gasteiger charge is 2.24. The molecule has 0 spiro atoms. The second kappa shape index (κ2) is 10.1. The smallest absolute Gasteiger partial charge is 0.352 e. The van der Waals surface area contributed by atoms with Crippen LogP contribution < -0.4 is 11.2 Å². The van der Waals surface area contributed by atoms with Crippen molar-refractivity contribution in [1.29, 1.82) is 0 Å². The number of carbonyl (C=O) groups excluding carboxylic acids is 1. The Balaban J connectivity index is 0.000000502. The summed E-state index contributed by atoms with van der Waals surface area (Å²) in [6, 6.07) is 0.795. The summed E-state index contributed by atoms with van der Waals surface area (Å²) >= 11 is 0. The highest BCUT2D eigenvalue weighted by molar-refractivity contribution is 5.84. The number of aliphatic carboxylic acids is 1. The first-order valence-electron chi connectivity index (χ1n) is 7.62. The number of likely N-dealkylation sites (N-methyl/N-ethyl adjacent to an activating group) is 1. The molecule has 4 N–H and O–H groups in total. The van der Waals surface area contributed by atoms with Crippen LogP contribution in [0.1, 0.15) is 30.3 Å². The lowest BCUT2D eigenvalue weighted by Crippen LogP contribution is -2.43. The first kappa shape index (κ1) is 23.1. The fourth-order valence-corrected chi connectivity index (χ4v) is 1.80. The topological polar surface area (TPSA) is 167 Å². The van der Waals surface area contributed by atoms with Gasteiger partial charge in [-0.15, -0.1) is 0 Å². The molecule has 11 heteroatoms. The lowest BCUT2D eigenvalue weighted by atomic mass is 10.2. The van der Waals surface area contributed by atoms with E-state index in [0.29, 0.717) is 11.0 Å². The standard InChI is InChI=1S/C10H19NO4.C5H4N2O4/c1-5-10(14)15-8(6-9(12)13)7-11(2,3)4;8-3-1-2(4(9)10)6-5(11)7-3/h8H,5-7H2,1-4H3;1H,(H,9,10)(H2,6,7,8,11)/p+1/t8-;/m1./s1. The molecule has 0 saturated heterocycles. The van der Waals surface area contributed by atoms with Crippen molar-refractivity contribution in [3.05, 3.63) is 32.6 Å². The zero-order valence-corrected chi connectivity index (χ0v) is 15.1. The highest BCUT2D eigenvalue weighted by atomic mass is 16.5. The molecule has 0 radical (unpaired) electrons. The van der Waals surface area contributed by atoms with Gasteiger partial charge in [0.1, 0.15) is 12.2 Å². The Morgan fingerprint density at radius 1 is 1.15 bits per heavy atom. The quantitative estimate of drug-likeness (QED) is 0.357. The molecule has 1 atom stereocenters. The van der Waals surface area contributed by atoms with Gasteiger partial charge in [0.25, 0.3) is 5.56 Å². The summed E-state index contributed by atoms with van der Waals surface area (Å²) in [5, 5.41) is 17.0. The zero-order valence-electron chi connectivity index (χ0n) is 15.1. The van der Waals surface area contributed by atoms with Gasteiger partial charge in [-0.05, 0) is 0 Å². The van der Waals surface area contributed by atoms with Crippen LogP contribution >= 0.6 is 0 Å². The molecule has 1 heterocycles. The molecule has 0 aromatic carbocycles. The number of hydrogen-bond donors (Lipinski definition) is 4. The summed E-state index contributed by atoms with van der Waals surface area (Å²) in [7, 11) is 5.78. The molecule has 0 aliphatic heterocycles.